The standard InChI is InChI=1S/C19H14N8O6/c1-30-13-5-3-2-4-11(13)21-16-17(23-19-18(22-16)25-33-26-19)24-20-8-10-6-14-15(32-9-31-14)7-12(10)27(28)29/h2-8H,9H2,1H3,(H,21,22,25)(H,23,24,26). The lowest BCUT2D eigenvalue weighted by molar-refractivity contribution is -0.385. The highest BCUT2D eigenvalue weighted by molar-refractivity contribution is 5.88. The number of anilines is 3. The number of nitrogens with one attached hydrogen (secondary N) is 2. The van der Waals surface area contributed by atoms with Crippen molar-refractivity contribution in [3.05, 3.63) is 52.1 Å². The van der Waals surface area contributed by atoms with Crippen molar-refractivity contribution in [2.24, 2.45) is 5.10 Å². The quantitative estimate of drug-likeness (QED) is 0.240. The highest BCUT2D eigenvalue weighted by Gasteiger charge is 2.22. The molecule has 0 radical (unpaired) electrons. The first-order valence-corrected chi connectivity index (χ1v) is 9.40. The average Bonchev–Trinajstić information content (AvgIpc) is 3.47. The molecule has 0 amide bonds. The number of methoxy groups -OCH3 is 1. The van der Waals surface area contributed by atoms with Crippen LogP contribution in [-0.2, 0) is 0 Å². The first kappa shape index (κ1) is 19.9. The van der Waals surface area contributed by atoms with Gasteiger partial charge >= 0.3 is 0 Å². The van der Waals surface area contributed by atoms with E-state index in [4.69, 9.17) is 14.2 Å². The van der Waals surface area contributed by atoms with Gasteiger partial charge in [-0.15, -0.1) is 0 Å². The van der Waals surface area contributed by atoms with Crippen LogP contribution < -0.4 is 25.0 Å². The summed E-state index contributed by atoms with van der Waals surface area (Å²) in [4.78, 5) is 19.6. The van der Waals surface area contributed by atoms with E-state index >= 15 is 0 Å². The lowest BCUT2D eigenvalue weighted by Crippen LogP contribution is -2.04. The third kappa shape index (κ3) is 3.87. The zero-order chi connectivity index (χ0) is 22.8. The molecule has 0 saturated heterocycles. The maximum absolute atomic E-state index is 11.4. The number of ether oxygens (including phenoxy) is 3. The van der Waals surface area contributed by atoms with Crippen molar-refractivity contribution in [1.82, 2.24) is 20.3 Å². The molecule has 0 saturated carbocycles. The van der Waals surface area contributed by atoms with Gasteiger partial charge in [-0.3, -0.25) is 15.5 Å². The molecule has 0 atom stereocenters. The predicted molar refractivity (Wildman–Crippen MR) is 114 cm³/mol. The fourth-order valence-electron chi connectivity index (χ4n) is 3.05. The molecule has 0 aliphatic carbocycles. The monoisotopic (exact) mass is 450 g/mol. The van der Waals surface area contributed by atoms with Crippen LogP contribution in [0.3, 0.4) is 0 Å². The van der Waals surface area contributed by atoms with Gasteiger partial charge in [0, 0.05) is 0 Å². The predicted octanol–water partition coefficient (Wildman–Crippen LogP) is 2.85. The number of aromatic nitrogens is 4. The third-order valence-electron chi connectivity index (χ3n) is 4.57. The Bertz CT molecular complexity index is 1390. The second kappa shape index (κ2) is 8.26. The number of hydrogen-bond acceptors (Lipinski definition) is 13. The van der Waals surface area contributed by atoms with Gasteiger partial charge in [-0.25, -0.2) is 9.61 Å². The molecule has 2 aromatic heterocycles. The highest BCUT2D eigenvalue weighted by Crippen LogP contribution is 2.37. The van der Waals surface area contributed by atoms with Crippen LogP contribution in [0.1, 0.15) is 5.56 Å². The minimum absolute atomic E-state index is 0.00927. The molecule has 0 bridgehead atoms. The first-order chi connectivity index (χ1) is 16.1. The summed E-state index contributed by atoms with van der Waals surface area (Å²) in [5.74, 6) is 1.67. The van der Waals surface area contributed by atoms with E-state index < -0.39 is 4.92 Å². The van der Waals surface area contributed by atoms with Gasteiger partial charge in [0.2, 0.25) is 18.1 Å². The van der Waals surface area contributed by atoms with Crippen molar-refractivity contribution in [2.45, 2.75) is 0 Å². The zero-order valence-electron chi connectivity index (χ0n) is 16.9. The van der Waals surface area contributed by atoms with Crippen molar-refractivity contribution in [1.29, 1.82) is 0 Å². The van der Waals surface area contributed by atoms with Gasteiger partial charge in [-0.05, 0) is 28.5 Å². The number of para-hydroxylation sites is 2. The van der Waals surface area contributed by atoms with Gasteiger partial charge in [0.15, 0.2) is 23.1 Å². The van der Waals surface area contributed by atoms with Crippen LogP contribution >= 0.6 is 0 Å². The highest BCUT2D eigenvalue weighted by atomic mass is 16.7. The van der Waals surface area contributed by atoms with Crippen LogP contribution in [0.5, 0.6) is 17.2 Å². The van der Waals surface area contributed by atoms with Crippen LogP contribution in [0.15, 0.2) is 46.1 Å². The topological polar surface area (TPSA) is 172 Å². The normalized spacial score (nSPS) is 12.3. The Labute approximate surface area is 184 Å². The van der Waals surface area contributed by atoms with Crippen LogP contribution in [0.4, 0.5) is 23.0 Å². The molecule has 5 rings (SSSR count). The van der Waals surface area contributed by atoms with Crippen molar-refractivity contribution in [2.75, 3.05) is 24.6 Å². The van der Waals surface area contributed by atoms with Gasteiger partial charge in [-0.2, -0.15) is 10.1 Å². The molecule has 14 nitrogen and oxygen atoms in total. The van der Waals surface area contributed by atoms with E-state index in [1.165, 1.54) is 18.3 Å². The fraction of sp³-hybridized carbons (Fsp3) is 0.105. The van der Waals surface area contributed by atoms with Crippen molar-refractivity contribution in [3.63, 3.8) is 0 Å². The Morgan fingerprint density at radius 2 is 1.85 bits per heavy atom. The van der Waals surface area contributed by atoms with Gasteiger partial charge in [0.05, 0.1) is 35.6 Å². The molecular weight excluding hydrogens is 436 g/mol. The molecule has 14 heteroatoms. The van der Waals surface area contributed by atoms with E-state index in [0.717, 1.165) is 0 Å². The summed E-state index contributed by atoms with van der Waals surface area (Å²) in [7, 11) is 1.54. The van der Waals surface area contributed by atoms with Crippen LogP contribution in [-0.4, -0.2) is 45.3 Å². The molecule has 0 spiro atoms. The second-order valence-electron chi connectivity index (χ2n) is 6.55. The van der Waals surface area contributed by atoms with Crippen LogP contribution in [0.2, 0.25) is 0 Å². The number of rotatable bonds is 7. The number of nitro groups is 1. The smallest absolute Gasteiger partial charge is 0.282 e. The minimum Gasteiger partial charge on any atom is -0.495 e. The Hall–Kier alpha value is -5.01. The van der Waals surface area contributed by atoms with Crippen molar-refractivity contribution in [3.8, 4) is 17.2 Å². The number of hydrazone groups is 1. The molecule has 166 valence electrons. The van der Waals surface area contributed by atoms with Gasteiger partial charge < -0.3 is 19.5 Å². The summed E-state index contributed by atoms with van der Waals surface area (Å²) in [5.41, 5.74) is 3.67. The van der Waals surface area contributed by atoms with Crippen molar-refractivity contribution >= 4 is 40.5 Å². The first-order valence-electron chi connectivity index (χ1n) is 9.40. The maximum atomic E-state index is 11.4. The van der Waals surface area contributed by atoms with Gasteiger partial charge in [-0.1, -0.05) is 12.1 Å². The summed E-state index contributed by atoms with van der Waals surface area (Å²) < 4.78 is 20.5. The number of benzene rings is 2. The summed E-state index contributed by atoms with van der Waals surface area (Å²) in [6.45, 7) is -0.00927. The molecule has 0 unspecified atom stereocenters. The summed E-state index contributed by atoms with van der Waals surface area (Å²) in [6.07, 6.45) is 1.26. The molecule has 2 aromatic carbocycles. The second-order valence-corrected chi connectivity index (χ2v) is 6.55. The van der Waals surface area contributed by atoms with Crippen LogP contribution in [0, 0.1) is 10.1 Å². The number of hydrogen-bond donors (Lipinski definition) is 2. The van der Waals surface area contributed by atoms with Crippen LogP contribution in [0.25, 0.3) is 11.3 Å². The Morgan fingerprint density at radius 1 is 1.12 bits per heavy atom. The Balaban J connectivity index is 1.47. The summed E-state index contributed by atoms with van der Waals surface area (Å²) >= 11 is 0. The van der Waals surface area contributed by atoms with E-state index in [9.17, 15) is 10.1 Å². The molecule has 2 N–H and O–H groups in total. The Morgan fingerprint density at radius 3 is 2.61 bits per heavy atom. The molecule has 1 aliphatic heterocycles. The van der Waals surface area contributed by atoms with E-state index in [0.29, 0.717) is 22.9 Å². The number of nitro benzene ring substituents is 1. The fourth-order valence-corrected chi connectivity index (χ4v) is 3.05. The number of nitrogens with zero attached hydrogens (tertiary/aromatic N) is 6. The van der Waals surface area contributed by atoms with E-state index in [1.54, 1.807) is 19.2 Å². The molecule has 1 aliphatic rings. The summed E-state index contributed by atoms with van der Waals surface area (Å²) in [5, 5.41) is 26.0. The molecule has 33 heavy (non-hydrogen) atoms. The zero-order valence-corrected chi connectivity index (χ0v) is 16.9. The lowest BCUT2D eigenvalue weighted by atomic mass is 10.1. The largest absolute Gasteiger partial charge is 0.495 e. The minimum atomic E-state index is -0.537. The van der Waals surface area contributed by atoms with E-state index in [1.807, 2.05) is 12.1 Å². The molecular formula is C19H14N8O6. The Kier molecular flexibility index (Phi) is 4.99. The molecule has 3 heterocycles. The van der Waals surface area contributed by atoms with Gasteiger partial charge in [0.25, 0.3) is 5.69 Å². The lowest BCUT2D eigenvalue weighted by Gasteiger charge is -2.12. The SMILES string of the molecule is COc1ccccc1Nc1nc2nonc2nc1NN=Cc1cc2c(cc1[N+](=O)[O-])OCO2. The maximum Gasteiger partial charge on any atom is 0.282 e. The molecule has 0 fully saturated rings. The van der Waals surface area contributed by atoms with Crippen molar-refractivity contribution < 1.29 is 23.8 Å². The number of fused-ring (bicyclic) bond motifs is 2. The molecule has 4 aromatic rings. The van der Waals surface area contributed by atoms with E-state index in [2.05, 4.69) is 40.8 Å². The summed E-state index contributed by atoms with van der Waals surface area (Å²) in [6, 6.07) is 9.95. The average molecular weight is 450 g/mol. The van der Waals surface area contributed by atoms with Gasteiger partial charge in [0.1, 0.15) is 5.75 Å². The third-order valence-corrected chi connectivity index (χ3v) is 4.57. The van der Waals surface area contributed by atoms with E-state index in [-0.39, 0.29) is 41.0 Å².